The van der Waals surface area contributed by atoms with Gasteiger partial charge in [0.1, 0.15) is 0 Å². The number of allylic oxidation sites excluding steroid dienone is 1. The minimum Gasteiger partial charge on any atom is -0.352 e. The predicted molar refractivity (Wildman–Crippen MR) is 144 cm³/mol. The summed E-state index contributed by atoms with van der Waals surface area (Å²) in [5.74, 6) is 0.0839. The number of carbonyl (C=O) groups excluding carboxylic acids is 1. The fourth-order valence-corrected chi connectivity index (χ4v) is 5.54. The summed E-state index contributed by atoms with van der Waals surface area (Å²) in [4.78, 5) is 20.1. The number of fused-ring (bicyclic) bond motifs is 1. The van der Waals surface area contributed by atoms with Crippen molar-refractivity contribution in [1.29, 1.82) is 0 Å². The van der Waals surface area contributed by atoms with Crippen molar-refractivity contribution in [2.75, 3.05) is 19.6 Å². The first-order chi connectivity index (χ1) is 15.2. The van der Waals surface area contributed by atoms with Crippen molar-refractivity contribution >= 4 is 35.2 Å². The maximum absolute atomic E-state index is 12.5. The van der Waals surface area contributed by atoms with Crippen LogP contribution in [0.4, 0.5) is 0 Å². The van der Waals surface area contributed by atoms with Crippen LogP contribution in [-0.2, 0) is 4.79 Å². The Kier molecular flexibility index (Phi) is 17.2. The quantitative estimate of drug-likeness (QED) is 0.201. The Morgan fingerprint density at radius 3 is 1.88 bits per heavy atom. The van der Waals surface area contributed by atoms with E-state index in [9.17, 15) is 4.79 Å². The van der Waals surface area contributed by atoms with Gasteiger partial charge in [-0.1, -0.05) is 103 Å². The van der Waals surface area contributed by atoms with Gasteiger partial charge in [-0.25, -0.2) is 0 Å². The molecule has 0 bridgehead atoms. The van der Waals surface area contributed by atoms with Gasteiger partial charge in [0.2, 0.25) is 0 Å². The molecule has 2 aliphatic heterocycles. The summed E-state index contributed by atoms with van der Waals surface area (Å²) < 4.78 is 0. The normalized spacial score (nSPS) is 15.4. The maximum Gasteiger partial charge on any atom is 0.259 e. The van der Waals surface area contributed by atoms with E-state index in [1.54, 1.807) is 11.8 Å². The Balaban J connectivity index is 0.00000512. The summed E-state index contributed by atoms with van der Waals surface area (Å²) in [5, 5.41) is 4.13. The first-order valence-electron chi connectivity index (χ1n) is 13.2. The summed E-state index contributed by atoms with van der Waals surface area (Å²) in [7, 11) is 0. The Morgan fingerprint density at radius 2 is 1.38 bits per heavy atom. The molecule has 0 saturated heterocycles. The number of nitrogens with zero attached hydrogens (tertiary/aromatic N) is 2. The molecule has 32 heavy (non-hydrogen) atoms. The number of hydrogen-bond donors (Lipinski definition) is 1. The molecule has 0 saturated carbocycles. The number of nitrogens with one attached hydrogen (secondary N) is 1. The van der Waals surface area contributed by atoms with Crippen LogP contribution in [0.5, 0.6) is 0 Å². The van der Waals surface area contributed by atoms with E-state index in [1.165, 1.54) is 96.3 Å². The second-order valence-electron chi connectivity index (χ2n) is 9.25. The summed E-state index contributed by atoms with van der Waals surface area (Å²) in [6, 6.07) is 0. The number of hydrogen-bond acceptors (Lipinski definition) is 4. The van der Waals surface area contributed by atoms with Crippen LogP contribution in [0.25, 0.3) is 0 Å². The van der Waals surface area contributed by atoms with Crippen LogP contribution in [0.3, 0.4) is 0 Å². The summed E-state index contributed by atoms with van der Waals surface area (Å²) >= 11 is 1.54. The van der Waals surface area contributed by atoms with Crippen LogP contribution < -0.4 is 5.32 Å². The highest BCUT2D eigenvalue weighted by molar-refractivity contribution is 8.18. The molecular formula is C26H48ClN3OS. The zero-order chi connectivity index (χ0) is 22.2. The smallest absolute Gasteiger partial charge is 0.259 e. The van der Waals surface area contributed by atoms with Gasteiger partial charge in [0.05, 0.1) is 4.91 Å². The molecule has 0 unspecified atom stereocenters. The lowest BCUT2D eigenvalue weighted by Crippen LogP contribution is -2.29. The van der Waals surface area contributed by atoms with Crippen molar-refractivity contribution < 1.29 is 4.79 Å². The van der Waals surface area contributed by atoms with Crippen LogP contribution in [0, 0.1) is 0 Å². The molecule has 0 aromatic rings. The van der Waals surface area contributed by atoms with Gasteiger partial charge in [-0.15, -0.1) is 12.4 Å². The Hall–Kier alpha value is -0.680. The van der Waals surface area contributed by atoms with Crippen molar-refractivity contribution in [3.63, 3.8) is 0 Å². The lowest BCUT2D eigenvalue weighted by molar-refractivity contribution is -0.116. The van der Waals surface area contributed by atoms with E-state index in [-0.39, 0.29) is 18.3 Å². The van der Waals surface area contributed by atoms with E-state index < -0.39 is 0 Å². The SMILES string of the molecule is CCCCCCCCCCCCCCCCCCNC(=O)C1=C(C)N2CCCN=C2S1.Cl. The second-order valence-corrected chi connectivity index (χ2v) is 10.2. The molecule has 2 aliphatic rings. The topological polar surface area (TPSA) is 44.7 Å². The predicted octanol–water partition coefficient (Wildman–Crippen LogP) is 7.83. The van der Waals surface area contributed by atoms with Crippen molar-refractivity contribution in [3.8, 4) is 0 Å². The lowest BCUT2D eigenvalue weighted by Gasteiger charge is -2.23. The summed E-state index contributed by atoms with van der Waals surface area (Å²) in [5.41, 5.74) is 1.08. The summed E-state index contributed by atoms with van der Waals surface area (Å²) in [6.45, 7) is 7.01. The standard InChI is InChI=1S/C26H47N3OS.ClH/c1-3-4-5-6-7-8-9-10-11-12-13-14-15-16-17-18-20-27-25(30)24-23(2)29-22-19-21-28-26(29)31-24;/h3-22H2,1-2H3,(H,27,30);1H. The van der Waals surface area contributed by atoms with E-state index in [0.29, 0.717) is 0 Å². The Morgan fingerprint density at radius 1 is 0.875 bits per heavy atom. The van der Waals surface area contributed by atoms with Gasteiger partial charge in [-0.3, -0.25) is 9.79 Å². The van der Waals surface area contributed by atoms with Crippen LogP contribution in [0.1, 0.15) is 123 Å². The Bertz CT molecular complexity index is 579. The van der Waals surface area contributed by atoms with E-state index in [4.69, 9.17) is 0 Å². The second kappa shape index (κ2) is 18.7. The van der Waals surface area contributed by atoms with Gasteiger partial charge in [-0.2, -0.15) is 0 Å². The van der Waals surface area contributed by atoms with E-state index in [1.807, 2.05) is 6.92 Å². The molecule has 6 heteroatoms. The zero-order valence-electron chi connectivity index (χ0n) is 20.8. The highest BCUT2D eigenvalue weighted by Gasteiger charge is 2.31. The lowest BCUT2D eigenvalue weighted by atomic mass is 10.0. The molecule has 186 valence electrons. The van der Waals surface area contributed by atoms with Crippen LogP contribution in [0.15, 0.2) is 15.6 Å². The van der Waals surface area contributed by atoms with Crippen LogP contribution in [-0.4, -0.2) is 35.6 Å². The molecule has 0 radical (unpaired) electrons. The molecule has 0 spiro atoms. The average Bonchev–Trinajstić information content (AvgIpc) is 3.12. The summed E-state index contributed by atoms with van der Waals surface area (Å²) in [6.07, 6.45) is 23.1. The number of thioether (sulfide) groups is 1. The molecule has 2 rings (SSSR count). The first kappa shape index (κ1) is 29.4. The monoisotopic (exact) mass is 485 g/mol. The van der Waals surface area contributed by atoms with Gasteiger partial charge in [-0.05, 0) is 31.5 Å². The van der Waals surface area contributed by atoms with Crippen LogP contribution in [0.2, 0.25) is 0 Å². The van der Waals surface area contributed by atoms with Crippen molar-refractivity contribution in [2.24, 2.45) is 4.99 Å². The van der Waals surface area contributed by atoms with Gasteiger partial charge >= 0.3 is 0 Å². The molecule has 0 aliphatic carbocycles. The van der Waals surface area contributed by atoms with E-state index >= 15 is 0 Å². The minimum atomic E-state index is 0. The maximum atomic E-state index is 12.5. The molecule has 2 heterocycles. The van der Waals surface area contributed by atoms with Gasteiger partial charge < -0.3 is 10.2 Å². The highest BCUT2D eigenvalue weighted by Crippen LogP contribution is 2.35. The number of aliphatic imine (C=N–C) groups is 1. The molecule has 4 nitrogen and oxygen atoms in total. The highest BCUT2D eigenvalue weighted by atomic mass is 35.5. The largest absolute Gasteiger partial charge is 0.352 e. The minimum absolute atomic E-state index is 0. The third-order valence-electron chi connectivity index (χ3n) is 6.47. The number of amides is 1. The van der Waals surface area contributed by atoms with Gasteiger partial charge in [0.15, 0.2) is 5.17 Å². The van der Waals surface area contributed by atoms with Gasteiger partial charge in [0.25, 0.3) is 5.91 Å². The fourth-order valence-electron chi connectivity index (χ4n) is 4.44. The number of unbranched alkanes of at least 4 members (excludes halogenated alkanes) is 15. The van der Waals surface area contributed by atoms with Crippen LogP contribution >= 0.6 is 24.2 Å². The third-order valence-corrected chi connectivity index (χ3v) is 7.68. The molecule has 0 aromatic heterocycles. The third kappa shape index (κ3) is 11.4. The van der Waals surface area contributed by atoms with E-state index in [0.717, 1.165) is 48.2 Å². The molecule has 0 aromatic carbocycles. The zero-order valence-corrected chi connectivity index (χ0v) is 22.4. The molecule has 0 fully saturated rings. The fraction of sp³-hybridized carbons (Fsp3) is 0.846. The van der Waals surface area contributed by atoms with Crippen molar-refractivity contribution in [2.45, 2.75) is 123 Å². The molecular weight excluding hydrogens is 438 g/mol. The number of rotatable bonds is 18. The van der Waals surface area contributed by atoms with Gasteiger partial charge in [0, 0.05) is 25.3 Å². The van der Waals surface area contributed by atoms with E-state index in [2.05, 4.69) is 22.1 Å². The number of carbonyl (C=O) groups is 1. The Labute approximate surface area is 208 Å². The van der Waals surface area contributed by atoms with Crippen molar-refractivity contribution in [3.05, 3.63) is 10.6 Å². The first-order valence-corrected chi connectivity index (χ1v) is 14.0. The number of amidine groups is 1. The molecule has 1 N–H and O–H groups in total. The van der Waals surface area contributed by atoms with Crippen molar-refractivity contribution in [1.82, 2.24) is 10.2 Å². The molecule has 0 atom stereocenters. The average molecular weight is 486 g/mol. The molecule has 1 amide bonds. The number of halogens is 1.